The van der Waals surface area contributed by atoms with Crippen LogP contribution < -0.4 is 10.1 Å². The van der Waals surface area contributed by atoms with E-state index in [1.165, 1.54) is 22.3 Å². The molecule has 2 aromatic rings. The molecule has 0 aliphatic rings. The van der Waals surface area contributed by atoms with Gasteiger partial charge in [-0.05, 0) is 89.5 Å². The Morgan fingerprint density at radius 1 is 1.04 bits per heavy atom. The lowest BCUT2D eigenvalue weighted by atomic mass is 9.96. The summed E-state index contributed by atoms with van der Waals surface area (Å²) >= 11 is 3.52. The molecule has 2 rings (SSSR count). The standard InChI is InChI=1S/C22H28BrNO2/c1-13(2)18-7-8-21(20(23)11-18)26-12-22(25)24-17(6)19-10-15(4)14(3)9-16(19)5/h7-11,13,17H,12H2,1-6H3,(H,24,25)/t17-/m0/s1. The van der Waals surface area contributed by atoms with E-state index < -0.39 is 0 Å². The maximum Gasteiger partial charge on any atom is 0.258 e. The molecule has 4 heteroatoms. The summed E-state index contributed by atoms with van der Waals surface area (Å²) in [5, 5.41) is 3.02. The second-order valence-corrected chi connectivity index (χ2v) is 8.07. The highest BCUT2D eigenvalue weighted by molar-refractivity contribution is 9.10. The van der Waals surface area contributed by atoms with Crippen LogP contribution in [0.25, 0.3) is 0 Å². The van der Waals surface area contributed by atoms with Crippen molar-refractivity contribution in [3.8, 4) is 5.75 Å². The van der Waals surface area contributed by atoms with E-state index in [0.717, 1.165) is 10.0 Å². The third kappa shape index (κ3) is 5.10. The fourth-order valence-corrected chi connectivity index (χ4v) is 3.46. The van der Waals surface area contributed by atoms with E-state index in [9.17, 15) is 4.79 Å². The van der Waals surface area contributed by atoms with Gasteiger partial charge in [-0.1, -0.05) is 32.0 Å². The topological polar surface area (TPSA) is 38.3 Å². The van der Waals surface area contributed by atoms with Crippen LogP contribution in [0.15, 0.2) is 34.8 Å². The van der Waals surface area contributed by atoms with Gasteiger partial charge in [0.2, 0.25) is 0 Å². The molecule has 0 spiro atoms. The van der Waals surface area contributed by atoms with Crippen LogP contribution >= 0.6 is 15.9 Å². The second-order valence-electron chi connectivity index (χ2n) is 7.22. The summed E-state index contributed by atoms with van der Waals surface area (Å²) in [6.07, 6.45) is 0. The van der Waals surface area contributed by atoms with E-state index in [-0.39, 0.29) is 18.6 Å². The van der Waals surface area contributed by atoms with Gasteiger partial charge < -0.3 is 10.1 Å². The molecule has 2 aromatic carbocycles. The van der Waals surface area contributed by atoms with Crippen molar-refractivity contribution >= 4 is 21.8 Å². The van der Waals surface area contributed by atoms with Crippen LogP contribution in [0.5, 0.6) is 5.75 Å². The van der Waals surface area contributed by atoms with E-state index in [1.807, 2.05) is 25.1 Å². The monoisotopic (exact) mass is 417 g/mol. The first-order valence-electron chi connectivity index (χ1n) is 8.98. The van der Waals surface area contributed by atoms with E-state index >= 15 is 0 Å². The lowest BCUT2D eigenvalue weighted by molar-refractivity contribution is -0.123. The zero-order valence-electron chi connectivity index (χ0n) is 16.4. The van der Waals surface area contributed by atoms with E-state index in [2.05, 4.69) is 68.0 Å². The van der Waals surface area contributed by atoms with Crippen LogP contribution in [0.4, 0.5) is 0 Å². The first kappa shape index (κ1) is 20.5. The molecule has 0 heterocycles. The molecule has 0 unspecified atom stereocenters. The number of hydrogen-bond acceptors (Lipinski definition) is 2. The maximum atomic E-state index is 12.3. The lowest BCUT2D eigenvalue weighted by Gasteiger charge is -2.19. The normalized spacial score (nSPS) is 12.2. The largest absolute Gasteiger partial charge is 0.483 e. The summed E-state index contributed by atoms with van der Waals surface area (Å²) in [6, 6.07) is 10.2. The molecule has 0 saturated heterocycles. The van der Waals surface area contributed by atoms with Crippen molar-refractivity contribution in [1.29, 1.82) is 0 Å². The molecular weight excluding hydrogens is 390 g/mol. The molecule has 26 heavy (non-hydrogen) atoms. The van der Waals surface area contributed by atoms with Crippen LogP contribution in [0.2, 0.25) is 0 Å². The molecule has 0 aliphatic heterocycles. The number of rotatable bonds is 6. The van der Waals surface area contributed by atoms with Gasteiger partial charge in [0, 0.05) is 0 Å². The van der Waals surface area contributed by atoms with E-state index in [1.54, 1.807) is 0 Å². The van der Waals surface area contributed by atoms with Gasteiger partial charge in [0.05, 0.1) is 10.5 Å². The van der Waals surface area contributed by atoms with Crippen molar-refractivity contribution in [3.05, 3.63) is 62.6 Å². The Labute approximate surface area is 165 Å². The Balaban J connectivity index is 1.98. The fourth-order valence-electron chi connectivity index (χ4n) is 2.95. The number of hydrogen-bond donors (Lipinski definition) is 1. The van der Waals surface area contributed by atoms with Crippen LogP contribution in [0.3, 0.4) is 0 Å². The Morgan fingerprint density at radius 3 is 2.31 bits per heavy atom. The van der Waals surface area contributed by atoms with Gasteiger partial charge in [0.15, 0.2) is 6.61 Å². The predicted molar refractivity (Wildman–Crippen MR) is 111 cm³/mol. The quantitative estimate of drug-likeness (QED) is 0.648. The number of ether oxygens (including phenoxy) is 1. The van der Waals surface area contributed by atoms with Gasteiger partial charge in [0.1, 0.15) is 5.75 Å². The summed E-state index contributed by atoms with van der Waals surface area (Å²) in [5.41, 5.74) is 6.06. The van der Waals surface area contributed by atoms with E-state index in [0.29, 0.717) is 11.7 Å². The van der Waals surface area contributed by atoms with E-state index in [4.69, 9.17) is 4.74 Å². The summed E-state index contributed by atoms with van der Waals surface area (Å²) in [5.74, 6) is 1.00. The molecule has 0 saturated carbocycles. The molecule has 1 atom stereocenters. The number of aryl methyl sites for hydroxylation is 3. The molecule has 0 fully saturated rings. The van der Waals surface area contributed by atoms with Crippen LogP contribution in [0, 0.1) is 20.8 Å². The third-order valence-electron chi connectivity index (χ3n) is 4.71. The van der Waals surface area contributed by atoms with Gasteiger partial charge >= 0.3 is 0 Å². The smallest absolute Gasteiger partial charge is 0.258 e. The molecule has 0 aromatic heterocycles. The van der Waals surface area contributed by atoms with Crippen molar-refractivity contribution < 1.29 is 9.53 Å². The zero-order valence-corrected chi connectivity index (χ0v) is 18.0. The minimum absolute atomic E-state index is 0.00609. The van der Waals surface area contributed by atoms with Crippen molar-refractivity contribution in [2.75, 3.05) is 6.61 Å². The molecule has 140 valence electrons. The Bertz CT molecular complexity index is 799. The number of halogens is 1. The van der Waals surface area contributed by atoms with Crippen LogP contribution in [-0.4, -0.2) is 12.5 Å². The summed E-state index contributed by atoms with van der Waals surface area (Å²) in [7, 11) is 0. The molecular formula is C22H28BrNO2. The first-order chi connectivity index (χ1) is 12.2. The van der Waals surface area contributed by atoms with Crippen LogP contribution in [0.1, 0.15) is 60.5 Å². The number of carbonyl (C=O) groups is 1. The molecule has 1 N–H and O–H groups in total. The van der Waals surface area contributed by atoms with Crippen molar-refractivity contribution in [3.63, 3.8) is 0 Å². The van der Waals surface area contributed by atoms with Crippen molar-refractivity contribution in [2.45, 2.75) is 53.5 Å². The molecule has 1 amide bonds. The SMILES string of the molecule is Cc1cc(C)c([C@H](C)NC(=O)COc2ccc(C(C)C)cc2Br)cc1C. The Morgan fingerprint density at radius 2 is 1.69 bits per heavy atom. The highest BCUT2D eigenvalue weighted by Crippen LogP contribution is 2.29. The highest BCUT2D eigenvalue weighted by atomic mass is 79.9. The Hall–Kier alpha value is -1.81. The number of amides is 1. The van der Waals surface area contributed by atoms with Gasteiger partial charge in [-0.2, -0.15) is 0 Å². The number of nitrogens with one attached hydrogen (secondary N) is 1. The second kappa shape index (κ2) is 8.72. The van der Waals surface area contributed by atoms with Crippen molar-refractivity contribution in [2.24, 2.45) is 0 Å². The van der Waals surface area contributed by atoms with Crippen molar-refractivity contribution in [1.82, 2.24) is 5.32 Å². The zero-order chi connectivity index (χ0) is 19.4. The molecule has 3 nitrogen and oxygen atoms in total. The first-order valence-corrected chi connectivity index (χ1v) is 9.77. The fraction of sp³-hybridized carbons (Fsp3) is 0.409. The average Bonchev–Trinajstić information content (AvgIpc) is 2.56. The van der Waals surface area contributed by atoms with Gasteiger partial charge in [-0.15, -0.1) is 0 Å². The maximum absolute atomic E-state index is 12.3. The lowest BCUT2D eigenvalue weighted by Crippen LogP contribution is -2.31. The summed E-state index contributed by atoms with van der Waals surface area (Å²) < 4.78 is 6.55. The molecule has 0 aliphatic carbocycles. The number of carbonyl (C=O) groups excluding carboxylic acids is 1. The molecule has 0 bridgehead atoms. The summed E-state index contributed by atoms with van der Waals surface area (Å²) in [4.78, 5) is 12.3. The predicted octanol–water partition coefficient (Wildman–Crippen LogP) is 5.75. The molecule has 0 radical (unpaired) electrons. The van der Waals surface area contributed by atoms with Gasteiger partial charge in [0.25, 0.3) is 5.91 Å². The number of benzene rings is 2. The highest BCUT2D eigenvalue weighted by Gasteiger charge is 2.14. The van der Waals surface area contributed by atoms with Crippen LogP contribution in [-0.2, 0) is 4.79 Å². The minimum atomic E-state index is -0.130. The average molecular weight is 418 g/mol. The third-order valence-corrected chi connectivity index (χ3v) is 5.33. The summed E-state index contributed by atoms with van der Waals surface area (Å²) in [6.45, 7) is 12.6. The van der Waals surface area contributed by atoms with Gasteiger partial charge in [-0.25, -0.2) is 0 Å². The van der Waals surface area contributed by atoms with Gasteiger partial charge in [-0.3, -0.25) is 4.79 Å². The minimum Gasteiger partial charge on any atom is -0.483 e. The Kier molecular flexibility index (Phi) is 6.87.